The van der Waals surface area contributed by atoms with E-state index in [1.807, 2.05) is 24.3 Å². The van der Waals surface area contributed by atoms with Gasteiger partial charge in [0.15, 0.2) is 0 Å². The molecule has 0 bridgehead atoms. The lowest BCUT2D eigenvalue weighted by Gasteiger charge is -2.18. The van der Waals surface area contributed by atoms with E-state index in [1.165, 1.54) is 0 Å². The first-order valence-corrected chi connectivity index (χ1v) is 5.80. The summed E-state index contributed by atoms with van der Waals surface area (Å²) in [5.41, 5.74) is 1.53. The first-order valence-electron chi connectivity index (χ1n) is 5.80. The van der Waals surface area contributed by atoms with Gasteiger partial charge in [0.05, 0.1) is 5.57 Å². The van der Waals surface area contributed by atoms with Crippen molar-refractivity contribution in [1.29, 1.82) is 0 Å². The number of nitrogens with zero attached hydrogens (tertiary/aromatic N) is 1. The first-order chi connectivity index (χ1) is 8.68. The zero-order valence-electron chi connectivity index (χ0n) is 10.1. The summed E-state index contributed by atoms with van der Waals surface area (Å²) in [4.78, 5) is 16.6. The lowest BCUT2D eigenvalue weighted by atomic mass is 9.95. The fourth-order valence-electron chi connectivity index (χ4n) is 2.45. The Morgan fingerprint density at radius 3 is 2.61 bits per heavy atom. The molecule has 0 N–H and O–H groups in total. The van der Waals surface area contributed by atoms with Crippen molar-refractivity contribution >= 4 is 16.7 Å². The van der Waals surface area contributed by atoms with E-state index in [0.29, 0.717) is 5.57 Å². The van der Waals surface area contributed by atoms with Gasteiger partial charge in [0.25, 0.3) is 0 Å². The minimum absolute atomic E-state index is 0.205. The minimum atomic E-state index is -0.351. The van der Waals surface area contributed by atoms with Crippen molar-refractivity contribution in [3.8, 4) is 0 Å². The topological polar surface area (TPSA) is 29.5 Å². The van der Waals surface area contributed by atoms with E-state index in [4.69, 9.17) is 4.84 Å². The number of hydroxylamine groups is 2. The minimum Gasteiger partial charge on any atom is -0.363 e. The van der Waals surface area contributed by atoms with E-state index in [0.717, 1.165) is 16.3 Å². The van der Waals surface area contributed by atoms with Crippen LogP contribution in [0, 0.1) is 0 Å². The second-order valence-corrected chi connectivity index (χ2v) is 4.42. The fourth-order valence-corrected chi connectivity index (χ4v) is 2.45. The van der Waals surface area contributed by atoms with E-state index in [2.05, 4.69) is 24.8 Å². The first kappa shape index (κ1) is 11.0. The molecule has 0 radical (unpaired) electrons. The van der Waals surface area contributed by atoms with Crippen LogP contribution in [0.1, 0.15) is 11.6 Å². The van der Waals surface area contributed by atoms with Crippen LogP contribution in [0.3, 0.4) is 0 Å². The van der Waals surface area contributed by atoms with Crippen LogP contribution in [-0.2, 0) is 9.63 Å². The largest absolute Gasteiger partial charge is 0.363 e. The Morgan fingerprint density at radius 2 is 1.89 bits per heavy atom. The maximum atomic E-state index is 11.5. The molecule has 1 saturated heterocycles. The molecule has 1 fully saturated rings. The lowest BCUT2D eigenvalue weighted by molar-refractivity contribution is -0.168. The van der Waals surface area contributed by atoms with Crippen molar-refractivity contribution in [1.82, 2.24) is 5.06 Å². The number of likely N-dealkylation sites (N-methyl/N-ethyl adjacent to an activating group) is 1. The normalized spacial score (nSPS) is 20.4. The van der Waals surface area contributed by atoms with Gasteiger partial charge in [-0.3, -0.25) is 0 Å². The van der Waals surface area contributed by atoms with Gasteiger partial charge in [-0.1, -0.05) is 49.0 Å². The monoisotopic (exact) mass is 239 g/mol. The molecule has 0 spiro atoms. The molecule has 18 heavy (non-hydrogen) atoms. The highest BCUT2D eigenvalue weighted by atomic mass is 16.7. The standard InChI is InChI=1S/C15H13NO2/c1-10-14(16(2)18-15(10)17)13-9-5-7-11-6-3-4-8-12(11)13/h3-9,14H,1H2,2H3. The molecule has 3 rings (SSSR count). The van der Waals surface area contributed by atoms with Crippen LogP contribution >= 0.6 is 0 Å². The van der Waals surface area contributed by atoms with Crippen LogP contribution in [0.15, 0.2) is 54.6 Å². The average molecular weight is 239 g/mol. The molecule has 90 valence electrons. The summed E-state index contributed by atoms with van der Waals surface area (Å²) in [5, 5.41) is 3.83. The van der Waals surface area contributed by atoms with Crippen molar-refractivity contribution in [2.45, 2.75) is 6.04 Å². The molecule has 0 amide bonds. The molecule has 1 heterocycles. The Labute approximate surface area is 105 Å². The quantitative estimate of drug-likeness (QED) is 0.717. The fraction of sp³-hybridized carbons (Fsp3) is 0.133. The Kier molecular flexibility index (Phi) is 2.42. The smallest absolute Gasteiger partial charge is 0.354 e. The van der Waals surface area contributed by atoms with Gasteiger partial charge < -0.3 is 4.84 Å². The van der Waals surface area contributed by atoms with E-state index in [9.17, 15) is 4.79 Å². The van der Waals surface area contributed by atoms with E-state index < -0.39 is 0 Å². The van der Waals surface area contributed by atoms with Crippen molar-refractivity contribution in [3.63, 3.8) is 0 Å². The zero-order chi connectivity index (χ0) is 12.7. The highest BCUT2D eigenvalue weighted by molar-refractivity contribution is 5.94. The van der Waals surface area contributed by atoms with Crippen LogP contribution in [0.25, 0.3) is 10.8 Å². The van der Waals surface area contributed by atoms with Gasteiger partial charge in [-0.2, -0.15) is 0 Å². The summed E-state index contributed by atoms with van der Waals surface area (Å²) in [7, 11) is 1.75. The van der Waals surface area contributed by atoms with Crippen LogP contribution in [0.4, 0.5) is 0 Å². The molecule has 1 aliphatic rings. The number of carbonyl (C=O) groups is 1. The van der Waals surface area contributed by atoms with Crippen LogP contribution < -0.4 is 0 Å². The third-order valence-corrected chi connectivity index (χ3v) is 3.30. The Balaban J connectivity index is 2.20. The molecule has 0 aliphatic carbocycles. The van der Waals surface area contributed by atoms with Gasteiger partial charge in [0.2, 0.25) is 0 Å². The number of benzene rings is 2. The van der Waals surface area contributed by atoms with E-state index in [1.54, 1.807) is 12.1 Å². The van der Waals surface area contributed by atoms with Gasteiger partial charge in [-0.25, -0.2) is 4.79 Å². The van der Waals surface area contributed by atoms with Crippen LogP contribution in [-0.4, -0.2) is 18.1 Å². The Morgan fingerprint density at radius 1 is 1.17 bits per heavy atom. The van der Waals surface area contributed by atoms with Gasteiger partial charge in [-0.05, 0) is 16.3 Å². The Hall–Kier alpha value is -2.13. The molecule has 1 atom stereocenters. The van der Waals surface area contributed by atoms with Gasteiger partial charge in [0, 0.05) is 7.05 Å². The van der Waals surface area contributed by atoms with Crippen molar-refractivity contribution in [2.24, 2.45) is 0 Å². The zero-order valence-corrected chi connectivity index (χ0v) is 10.1. The number of carbonyl (C=O) groups excluding carboxylic acids is 1. The third kappa shape index (κ3) is 1.52. The van der Waals surface area contributed by atoms with Crippen molar-refractivity contribution in [2.75, 3.05) is 7.05 Å². The van der Waals surface area contributed by atoms with Gasteiger partial charge >= 0.3 is 5.97 Å². The molecule has 1 aliphatic heterocycles. The number of fused-ring (bicyclic) bond motifs is 1. The molecule has 3 heteroatoms. The molecule has 2 aromatic rings. The van der Waals surface area contributed by atoms with Crippen LogP contribution in [0.5, 0.6) is 0 Å². The predicted molar refractivity (Wildman–Crippen MR) is 69.7 cm³/mol. The summed E-state index contributed by atoms with van der Waals surface area (Å²) in [6.07, 6.45) is 0. The second-order valence-electron chi connectivity index (χ2n) is 4.42. The lowest BCUT2D eigenvalue weighted by Crippen LogP contribution is -2.17. The van der Waals surface area contributed by atoms with E-state index in [-0.39, 0.29) is 12.0 Å². The summed E-state index contributed by atoms with van der Waals surface area (Å²) in [6, 6.07) is 13.9. The summed E-state index contributed by atoms with van der Waals surface area (Å²) < 4.78 is 0. The maximum absolute atomic E-state index is 11.5. The summed E-state index contributed by atoms with van der Waals surface area (Å²) >= 11 is 0. The second kappa shape index (κ2) is 3.96. The molecule has 1 unspecified atom stereocenters. The summed E-state index contributed by atoms with van der Waals surface area (Å²) in [5.74, 6) is -0.351. The molecular weight excluding hydrogens is 226 g/mol. The third-order valence-electron chi connectivity index (χ3n) is 3.30. The molecular formula is C15H13NO2. The van der Waals surface area contributed by atoms with Crippen LogP contribution in [0.2, 0.25) is 0 Å². The summed E-state index contributed by atoms with van der Waals surface area (Å²) in [6.45, 7) is 3.83. The Bertz CT molecular complexity index is 642. The van der Waals surface area contributed by atoms with Gasteiger partial charge in [-0.15, -0.1) is 5.06 Å². The maximum Gasteiger partial charge on any atom is 0.354 e. The molecule has 0 saturated carbocycles. The molecule has 3 nitrogen and oxygen atoms in total. The number of rotatable bonds is 1. The molecule has 2 aromatic carbocycles. The molecule has 0 aromatic heterocycles. The van der Waals surface area contributed by atoms with Crippen molar-refractivity contribution < 1.29 is 9.63 Å². The van der Waals surface area contributed by atoms with E-state index >= 15 is 0 Å². The highest BCUT2D eigenvalue weighted by Crippen LogP contribution is 2.36. The number of hydrogen-bond donors (Lipinski definition) is 0. The number of hydrogen-bond acceptors (Lipinski definition) is 3. The average Bonchev–Trinajstić information content (AvgIpc) is 2.63. The van der Waals surface area contributed by atoms with Gasteiger partial charge in [0.1, 0.15) is 6.04 Å². The highest BCUT2D eigenvalue weighted by Gasteiger charge is 2.36. The predicted octanol–water partition coefficient (Wildman–Crippen LogP) is 2.84. The van der Waals surface area contributed by atoms with Crippen molar-refractivity contribution in [3.05, 3.63) is 60.2 Å². The SMILES string of the molecule is C=C1C(=O)ON(C)C1c1cccc2ccccc12.